The van der Waals surface area contributed by atoms with Crippen LogP contribution in [0.15, 0.2) is 60.7 Å². The molecule has 162 valence electrons. The number of nitrogens with two attached hydrogens (primary N) is 1. The zero-order valence-electron chi connectivity index (χ0n) is 17.3. The summed E-state index contributed by atoms with van der Waals surface area (Å²) in [4.78, 5) is 26.1. The van der Waals surface area contributed by atoms with Gasteiger partial charge in [-0.05, 0) is 50.0 Å². The molecule has 2 aromatic carbocycles. The van der Waals surface area contributed by atoms with Crippen LogP contribution in [0.5, 0.6) is 0 Å². The van der Waals surface area contributed by atoms with Gasteiger partial charge >= 0.3 is 12.2 Å². The zero-order chi connectivity index (χ0) is 21.4. The first kappa shape index (κ1) is 23.4. The van der Waals surface area contributed by atoms with Crippen LogP contribution in [0.1, 0.15) is 30.4 Å². The molecular formula is C23H31N3O4. The fourth-order valence-corrected chi connectivity index (χ4v) is 2.73. The van der Waals surface area contributed by atoms with Gasteiger partial charge in [0.1, 0.15) is 13.2 Å². The minimum Gasteiger partial charge on any atom is -0.444 e. The van der Waals surface area contributed by atoms with E-state index in [4.69, 9.17) is 15.2 Å². The summed E-state index contributed by atoms with van der Waals surface area (Å²) in [5.74, 6) is 0. The quantitative estimate of drug-likeness (QED) is 0.516. The summed E-state index contributed by atoms with van der Waals surface area (Å²) in [6, 6.07) is 18.7. The summed E-state index contributed by atoms with van der Waals surface area (Å²) in [6.45, 7) is 2.62. The third-order valence-corrected chi connectivity index (χ3v) is 4.39. The van der Waals surface area contributed by atoms with Gasteiger partial charge in [0.2, 0.25) is 0 Å². The zero-order valence-corrected chi connectivity index (χ0v) is 17.3. The van der Waals surface area contributed by atoms with Gasteiger partial charge in [-0.25, -0.2) is 14.5 Å². The Morgan fingerprint density at radius 2 is 1.27 bits per heavy atom. The van der Waals surface area contributed by atoms with Crippen molar-refractivity contribution in [1.29, 1.82) is 0 Å². The molecule has 0 unspecified atom stereocenters. The number of nitrogens with one attached hydrogen (secondary N) is 1. The highest BCUT2D eigenvalue weighted by atomic mass is 16.6. The van der Waals surface area contributed by atoms with E-state index in [9.17, 15) is 9.59 Å². The lowest BCUT2D eigenvalue weighted by molar-refractivity contribution is 0.0695. The standard InChI is InChI=1S/C23H31N3O4/c24-14-7-8-15-25-16-9-17-26(22(27)29-18-20-10-3-1-4-11-20)23(28)30-19-21-12-5-2-6-13-21/h1-6,10-13,25H,7-9,14-19,24H2. The predicted molar refractivity (Wildman–Crippen MR) is 116 cm³/mol. The summed E-state index contributed by atoms with van der Waals surface area (Å²) < 4.78 is 10.7. The number of hydrogen-bond acceptors (Lipinski definition) is 6. The fraction of sp³-hybridized carbons (Fsp3) is 0.391. The molecule has 2 rings (SSSR count). The Kier molecular flexibility index (Phi) is 11.0. The number of nitrogens with zero attached hydrogens (tertiary/aromatic N) is 1. The number of amides is 2. The summed E-state index contributed by atoms with van der Waals surface area (Å²) in [5, 5.41) is 3.28. The Morgan fingerprint density at radius 1 is 0.767 bits per heavy atom. The molecule has 0 atom stereocenters. The van der Waals surface area contributed by atoms with Crippen molar-refractivity contribution in [3.05, 3.63) is 71.8 Å². The molecule has 0 aliphatic heterocycles. The molecule has 2 aromatic rings. The molecule has 2 amide bonds. The molecule has 0 aliphatic carbocycles. The van der Waals surface area contributed by atoms with E-state index >= 15 is 0 Å². The van der Waals surface area contributed by atoms with E-state index in [1.165, 1.54) is 0 Å². The molecular weight excluding hydrogens is 382 g/mol. The normalized spacial score (nSPS) is 10.4. The smallest absolute Gasteiger partial charge is 0.419 e. The summed E-state index contributed by atoms with van der Waals surface area (Å²) >= 11 is 0. The average molecular weight is 414 g/mol. The van der Waals surface area contributed by atoms with Crippen molar-refractivity contribution in [2.45, 2.75) is 32.5 Å². The molecule has 7 heteroatoms. The molecule has 0 fully saturated rings. The Hall–Kier alpha value is -2.90. The lowest BCUT2D eigenvalue weighted by Gasteiger charge is -2.20. The fourth-order valence-electron chi connectivity index (χ4n) is 2.73. The Morgan fingerprint density at radius 3 is 1.77 bits per heavy atom. The number of imide groups is 1. The third-order valence-electron chi connectivity index (χ3n) is 4.39. The van der Waals surface area contributed by atoms with E-state index in [1.54, 1.807) is 0 Å². The van der Waals surface area contributed by atoms with E-state index in [1.807, 2.05) is 60.7 Å². The maximum absolute atomic E-state index is 12.5. The van der Waals surface area contributed by atoms with E-state index in [-0.39, 0.29) is 19.8 Å². The van der Waals surface area contributed by atoms with Crippen LogP contribution in [0.2, 0.25) is 0 Å². The summed E-state index contributed by atoms with van der Waals surface area (Å²) in [5.41, 5.74) is 7.18. The van der Waals surface area contributed by atoms with Gasteiger partial charge in [-0.2, -0.15) is 0 Å². The molecule has 0 spiro atoms. The lowest BCUT2D eigenvalue weighted by atomic mass is 10.2. The van der Waals surface area contributed by atoms with Crippen LogP contribution in [0.4, 0.5) is 9.59 Å². The number of rotatable bonds is 12. The molecule has 0 saturated heterocycles. The number of carbonyl (C=O) groups is 2. The van der Waals surface area contributed by atoms with Crippen LogP contribution in [-0.4, -0.2) is 43.3 Å². The molecule has 0 aromatic heterocycles. The maximum Gasteiger partial charge on any atom is 0.419 e. The van der Waals surface area contributed by atoms with Crippen molar-refractivity contribution < 1.29 is 19.1 Å². The van der Waals surface area contributed by atoms with Gasteiger partial charge in [-0.15, -0.1) is 0 Å². The summed E-state index contributed by atoms with van der Waals surface area (Å²) in [7, 11) is 0. The Balaban J connectivity index is 1.85. The van der Waals surface area contributed by atoms with Crippen LogP contribution in [-0.2, 0) is 22.7 Å². The molecule has 0 aliphatic rings. The first-order valence-electron chi connectivity index (χ1n) is 10.3. The average Bonchev–Trinajstić information content (AvgIpc) is 2.79. The Labute approximate surface area is 178 Å². The molecule has 3 N–H and O–H groups in total. The van der Waals surface area contributed by atoms with Crippen molar-refractivity contribution in [2.24, 2.45) is 5.73 Å². The lowest BCUT2D eigenvalue weighted by Crippen LogP contribution is -2.39. The number of ether oxygens (including phenoxy) is 2. The molecule has 0 saturated carbocycles. The highest BCUT2D eigenvalue weighted by molar-refractivity contribution is 5.87. The molecule has 0 heterocycles. The van der Waals surface area contributed by atoms with Crippen LogP contribution in [0, 0.1) is 0 Å². The van der Waals surface area contributed by atoms with Gasteiger partial charge in [-0.3, -0.25) is 0 Å². The van der Waals surface area contributed by atoms with Gasteiger partial charge in [0.25, 0.3) is 0 Å². The Bertz CT molecular complexity index is 685. The van der Waals surface area contributed by atoms with Gasteiger partial charge in [-0.1, -0.05) is 60.7 Å². The molecule has 0 radical (unpaired) electrons. The maximum atomic E-state index is 12.5. The van der Waals surface area contributed by atoms with Gasteiger partial charge in [0, 0.05) is 6.54 Å². The van der Waals surface area contributed by atoms with Crippen molar-refractivity contribution in [1.82, 2.24) is 10.2 Å². The van der Waals surface area contributed by atoms with Gasteiger partial charge < -0.3 is 20.5 Å². The number of unbranched alkanes of at least 4 members (excludes halogenated alkanes) is 1. The first-order valence-corrected chi connectivity index (χ1v) is 10.3. The SMILES string of the molecule is NCCCCNCCCN(C(=O)OCc1ccccc1)C(=O)OCc1ccccc1. The van der Waals surface area contributed by atoms with Crippen LogP contribution >= 0.6 is 0 Å². The first-order chi connectivity index (χ1) is 14.7. The van der Waals surface area contributed by atoms with Gasteiger partial charge in [0.15, 0.2) is 0 Å². The van der Waals surface area contributed by atoms with Crippen LogP contribution < -0.4 is 11.1 Å². The van der Waals surface area contributed by atoms with Crippen molar-refractivity contribution >= 4 is 12.2 Å². The number of benzene rings is 2. The number of carbonyl (C=O) groups excluding carboxylic acids is 2. The second-order valence-corrected chi connectivity index (χ2v) is 6.83. The number of hydrogen-bond donors (Lipinski definition) is 2. The van der Waals surface area contributed by atoms with Crippen molar-refractivity contribution in [2.75, 3.05) is 26.2 Å². The van der Waals surface area contributed by atoms with E-state index in [2.05, 4.69) is 5.32 Å². The largest absolute Gasteiger partial charge is 0.444 e. The minimum atomic E-state index is -0.708. The van der Waals surface area contributed by atoms with Crippen LogP contribution in [0.3, 0.4) is 0 Å². The predicted octanol–water partition coefficient (Wildman–Crippen LogP) is 3.68. The summed E-state index contributed by atoms with van der Waals surface area (Å²) in [6.07, 6.45) is 1.15. The highest BCUT2D eigenvalue weighted by Gasteiger charge is 2.24. The van der Waals surface area contributed by atoms with Crippen molar-refractivity contribution in [3.8, 4) is 0 Å². The second-order valence-electron chi connectivity index (χ2n) is 6.83. The minimum absolute atomic E-state index is 0.0967. The van der Waals surface area contributed by atoms with Gasteiger partial charge in [0.05, 0.1) is 0 Å². The van der Waals surface area contributed by atoms with E-state index in [0.717, 1.165) is 35.4 Å². The van der Waals surface area contributed by atoms with Crippen molar-refractivity contribution in [3.63, 3.8) is 0 Å². The van der Waals surface area contributed by atoms with Crippen LogP contribution in [0.25, 0.3) is 0 Å². The third kappa shape index (κ3) is 9.07. The second kappa shape index (κ2) is 14.1. The topological polar surface area (TPSA) is 93.9 Å². The molecule has 30 heavy (non-hydrogen) atoms. The molecule has 0 bridgehead atoms. The monoisotopic (exact) mass is 413 g/mol. The van der Waals surface area contributed by atoms with E-state index in [0.29, 0.717) is 19.5 Å². The molecule has 7 nitrogen and oxygen atoms in total. The van der Waals surface area contributed by atoms with E-state index < -0.39 is 12.2 Å². The highest BCUT2D eigenvalue weighted by Crippen LogP contribution is 2.08.